The monoisotopic (exact) mass is 627 g/mol. The zero-order valence-corrected chi connectivity index (χ0v) is 27.5. The number of aliphatic imine (C=N–C) groups is 1. The van der Waals surface area contributed by atoms with E-state index in [9.17, 15) is 14.0 Å². The molecule has 1 unspecified atom stereocenters. The van der Waals surface area contributed by atoms with Gasteiger partial charge in [0.2, 0.25) is 5.91 Å². The van der Waals surface area contributed by atoms with Crippen molar-refractivity contribution < 1.29 is 14.0 Å². The first kappa shape index (κ1) is 34.4. The molecule has 0 saturated carbocycles. The van der Waals surface area contributed by atoms with E-state index in [1.165, 1.54) is 53.3 Å². The summed E-state index contributed by atoms with van der Waals surface area (Å²) < 4.78 is 13.9. The van der Waals surface area contributed by atoms with Gasteiger partial charge in [0.05, 0.1) is 22.5 Å². The molecule has 0 radical (unpaired) electrons. The molecule has 4 rings (SSSR count). The summed E-state index contributed by atoms with van der Waals surface area (Å²) in [6.45, 7) is 14.9. The Morgan fingerprint density at radius 2 is 1.86 bits per heavy atom. The predicted octanol–water partition coefficient (Wildman–Crippen LogP) is 8.38. The van der Waals surface area contributed by atoms with E-state index < -0.39 is 11.8 Å². The molecule has 43 heavy (non-hydrogen) atoms. The highest BCUT2D eigenvalue weighted by Gasteiger charge is 2.34. The summed E-state index contributed by atoms with van der Waals surface area (Å²) in [5, 5.41) is 5.90. The van der Waals surface area contributed by atoms with E-state index in [4.69, 9.17) is 11.6 Å². The summed E-state index contributed by atoms with van der Waals surface area (Å²) >= 11 is 7.47. The number of anilines is 2. The Morgan fingerprint density at radius 3 is 2.47 bits per heavy atom. The van der Waals surface area contributed by atoms with Gasteiger partial charge in [-0.3, -0.25) is 9.69 Å². The number of carbonyl (C=O) groups excluding carboxylic acids is 2. The van der Waals surface area contributed by atoms with Gasteiger partial charge in [0.25, 0.3) is 0 Å². The van der Waals surface area contributed by atoms with Crippen LogP contribution in [0.5, 0.6) is 0 Å². The molecule has 0 aliphatic carbocycles. The van der Waals surface area contributed by atoms with E-state index in [1.54, 1.807) is 13.1 Å². The third kappa shape index (κ3) is 8.94. The fourth-order valence-corrected chi connectivity index (χ4v) is 6.30. The normalized spacial score (nSPS) is 17.9. The van der Waals surface area contributed by atoms with Crippen molar-refractivity contribution >= 4 is 52.9 Å². The number of urea groups is 1. The number of allylic oxidation sites excluding steroid dienone is 1. The summed E-state index contributed by atoms with van der Waals surface area (Å²) in [5.74, 6) is -0.107. The topological polar surface area (TPSA) is 77.0 Å². The lowest BCUT2D eigenvalue weighted by Gasteiger charge is -2.35. The van der Waals surface area contributed by atoms with Crippen molar-refractivity contribution in [3.05, 3.63) is 80.7 Å². The maximum atomic E-state index is 13.9. The summed E-state index contributed by atoms with van der Waals surface area (Å²) in [6.07, 6.45) is 4.87. The molecular weight excluding hydrogens is 585 g/mol. The Kier molecular flexibility index (Phi) is 13.3. The summed E-state index contributed by atoms with van der Waals surface area (Å²) in [6, 6.07) is 11.4. The molecule has 0 spiro atoms. The molecule has 2 heterocycles. The highest BCUT2D eigenvalue weighted by atomic mass is 35.5. The minimum atomic E-state index is -0.573. The van der Waals surface area contributed by atoms with E-state index in [-0.39, 0.29) is 22.7 Å². The number of amides is 3. The van der Waals surface area contributed by atoms with E-state index >= 15 is 0 Å². The molecule has 2 aromatic rings. The second kappa shape index (κ2) is 16.6. The predicted molar refractivity (Wildman–Crippen MR) is 179 cm³/mol. The molecule has 0 bridgehead atoms. The molecule has 0 aromatic heterocycles. The second-order valence-electron chi connectivity index (χ2n) is 10.2. The Labute approximate surface area is 264 Å². The lowest BCUT2D eigenvalue weighted by atomic mass is 10.0. The summed E-state index contributed by atoms with van der Waals surface area (Å²) in [5.41, 5.74) is 4.23. The molecule has 1 saturated heterocycles. The van der Waals surface area contributed by atoms with Crippen molar-refractivity contribution in [1.29, 1.82) is 0 Å². The van der Waals surface area contributed by atoms with Crippen LogP contribution >= 0.6 is 23.4 Å². The van der Waals surface area contributed by atoms with Gasteiger partial charge in [-0.1, -0.05) is 50.1 Å². The van der Waals surface area contributed by atoms with Crippen LogP contribution in [0.1, 0.15) is 66.4 Å². The van der Waals surface area contributed by atoms with Gasteiger partial charge in [-0.15, -0.1) is 11.8 Å². The summed E-state index contributed by atoms with van der Waals surface area (Å²) in [4.78, 5) is 35.5. The first-order valence-corrected chi connectivity index (χ1v) is 16.3. The Hall–Kier alpha value is -3.14. The standard InChI is InChI=1S/C31H37ClFN5O2S.C2H6/c1-5-20(3)29(41-19-27(39)36-23-11-9-22(10-12-23)18-37-15-7-8-16-37)28-21(4)35-31(40)38(30(28)34-6-2)24-13-14-26(33)25(32)17-24;1-2/h6,9-14,17,21H,5,7-8,15-16,18-19H2,1-4H3,(H,35,40)(H,36,39);1-2H3/b29-20?,34-6-;. The van der Waals surface area contributed by atoms with Gasteiger partial charge in [-0.2, -0.15) is 0 Å². The third-order valence-electron chi connectivity index (χ3n) is 7.19. The van der Waals surface area contributed by atoms with Crippen molar-refractivity contribution in [2.75, 3.05) is 29.1 Å². The lowest BCUT2D eigenvalue weighted by molar-refractivity contribution is -0.113. The Morgan fingerprint density at radius 1 is 1.19 bits per heavy atom. The molecule has 2 aliphatic heterocycles. The summed E-state index contributed by atoms with van der Waals surface area (Å²) in [7, 11) is 0. The third-order valence-corrected chi connectivity index (χ3v) is 8.75. The number of nitrogens with zero attached hydrogens (tertiary/aromatic N) is 3. The zero-order valence-electron chi connectivity index (χ0n) is 26.0. The average Bonchev–Trinajstić information content (AvgIpc) is 3.51. The number of rotatable bonds is 10. The highest BCUT2D eigenvalue weighted by molar-refractivity contribution is 8.04. The van der Waals surface area contributed by atoms with Gasteiger partial charge in [-0.25, -0.2) is 19.1 Å². The SMILES string of the molecule is C/C=N\C1=C(C(SCC(=O)Nc2ccc(CN3CCCC3)cc2)=C(C)CC)C(C)NC(=O)N1c1ccc(F)c(Cl)c1.CC. The Balaban J connectivity index is 0.00000248. The van der Waals surface area contributed by atoms with Crippen LogP contribution in [-0.2, 0) is 11.3 Å². The fourth-order valence-electron chi connectivity index (χ4n) is 4.96. The highest BCUT2D eigenvalue weighted by Crippen LogP contribution is 2.38. The first-order chi connectivity index (χ1) is 20.7. The Bertz CT molecular complexity index is 1370. The molecule has 232 valence electrons. The van der Waals surface area contributed by atoms with Crippen molar-refractivity contribution in [2.45, 2.75) is 73.4 Å². The van der Waals surface area contributed by atoms with E-state index in [1.807, 2.05) is 46.8 Å². The maximum Gasteiger partial charge on any atom is 0.328 e. The van der Waals surface area contributed by atoms with Crippen molar-refractivity contribution in [1.82, 2.24) is 10.2 Å². The molecule has 1 atom stereocenters. The number of hydrogen-bond acceptors (Lipinski definition) is 5. The quantitative estimate of drug-likeness (QED) is 0.259. The second-order valence-corrected chi connectivity index (χ2v) is 11.6. The van der Waals surface area contributed by atoms with Gasteiger partial charge in [0.15, 0.2) is 0 Å². The zero-order chi connectivity index (χ0) is 31.5. The van der Waals surface area contributed by atoms with Crippen LogP contribution in [0.4, 0.5) is 20.6 Å². The smallest absolute Gasteiger partial charge is 0.328 e. The number of hydrogen-bond donors (Lipinski definition) is 2. The maximum absolute atomic E-state index is 13.9. The van der Waals surface area contributed by atoms with Gasteiger partial charge < -0.3 is 10.6 Å². The number of nitrogens with one attached hydrogen (secondary N) is 2. The minimum Gasteiger partial charge on any atom is -0.331 e. The van der Waals surface area contributed by atoms with Crippen molar-refractivity contribution in [3.63, 3.8) is 0 Å². The van der Waals surface area contributed by atoms with Crippen LogP contribution in [0, 0.1) is 5.82 Å². The number of benzene rings is 2. The fraction of sp³-hybridized carbons (Fsp3) is 0.424. The van der Waals surface area contributed by atoms with Gasteiger partial charge in [0.1, 0.15) is 11.6 Å². The molecule has 7 nitrogen and oxygen atoms in total. The number of halogens is 2. The van der Waals surface area contributed by atoms with Gasteiger partial charge in [-0.05, 0) is 89.0 Å². The van der Waals surface area contributed by atoms with E-state index in [0.717, 1.165) is 47.8 Å². The minimum absolute atomic E-state index is 0.0917. The van der Waals surface area contributed by atoms with Crippen LogP contribution in [0.25, 0.3) is 0 Å². The number of carbonyl (C=O) groups is 2. The van der Waals surface area contributed by atoms with Gasteiger partial charge in [0, 0.05) is 28.9 Å². The van der Waals surface area contributed by atoms with Crippen LogP contribution < -0.4 is 15.5 Å². The van der Waals surface area contributed by atoms with Crippen LogP contribution in [0.3, 0.4) is 0 Å². The number of likely N-dealkylation sites (tertiary alicyclic amines) is 1. The average molecular weight is 628 g/mol. The lowest BCUT2D eigenvalue weighted by Crippen LogP contribution is -2.50. The molecule has 1 fully saturated rings. The first-order valence-electron chi connectivity index (χ1n) is 14.9. The molecule has 10 heteroatoms. The number of thioether (sulfide) groups is 1. The van der Waals surface area contributed by atoms with E-state index in [2.05, 4.69) is 32.7 Å². The van der Waals surface area contributed by atoms with Crippen LogP contribution in [0.2, 0.25) is 5.02 Å². The van der Waals surface area contributed by atoms with Crippen LogP contribution in [0.15, 0.2) is 69.3 Å². The van der Waals surface area contributed by atoms with E-state index in [0.29, 0.717) is 11.5 Å². The van der Waals surface area contributed by atoms with Crippen molar-refractivity contribution in [2.24, 2.45) is 4.99 Å². The van der Waals surface area contributed by atoms with Crippen molar-refractivity contribution in [3.8, 4) is 0 Å². The molecular formula is C33H43ClFN5O2S. The van der Waals surface area contributed by atoms with Crippen LogP contribution in [-0.4, -0.2) is 47.9 Å². The molecule has 2 N–H and O–H groups in total. The molecule has 3 amide bonds. The largest absolute Gasteiger partial charge is 0.331 e. The molecule has 2 aliphatic rings. The van der Waals surface area contributed by atoms with Gasteiger partial charge >= 0.3 is 6.03 Å². The molecule has 2 aromatic carbocycles.